The molecule has 0 atom stereocenters. The molecule has 0 aliphatic carbocycles. The van der Waals surface area contributed by atoms with Gasteiger partial charge >= 0.3 is 0 Å². The Bertz CT molecular complexity index is 1530. The number of thiazole rings is 1. The van der Waals surface area contributed by atoms with Crippen LogP contribution in [0.5, 0.6) is 11.5 Å². The van der Waals surface area contributed by atoms with Crippen molar-refractivity contribution in [2.75, 3.05) is 11.7 Å². The first-order chi connectivity index (χ1) is 17.7. The van der Waals surface area contributed by atoms with Gasteiger partial charge in [-0.3, -0.25) is 19.5 Å². The van der Waals surface area contributed by atoms with Crippen LogP contribution in [0.3, 0.4) is 0 Å². The molecule has 1 amide bonds. The number of anilines is 1. The Morgan fingerprint density at radius 2 is 1.58 bits per heavy atom. The second-order valence-electron chi connectivity index (χ2n) is 8.19. The third kappa shape index (κ3) is 4.18. The smallest absolute Gasteiger partial charge is 0.260 e. The van der Waals surface area contributed by atoms with Crippen molar-refractivity contribution in [3.63, 3.8) is 0 Å². The molecule has 5 aromatic rings. The number of hydrogen-bond acceptors (Lipinski definition) is 7. The SMILES string of the molecule is O=C(c1ccccc1)c1ccc(C(=O)N(Cc2cccnc2)c2nc3cc4c(cc3s2)OCO4)cc1. The highest BCUT2D eigenvalue weighted by Crippen LogP contribution is 2.40. The van der Waals surface area contributed by atoms with Crippen molar-refractivity contribution in [3.05, 3.63) is 114 Å². The number of aromatic nitrogens is 2. The summed E-state index contributed by atoms with van der Waals surface area (Å²) in [4.78, 5) is 37.0. The van der Waals surface area contributed by atoms with E-state index in [1.54, 1.807) is 53.7 Å². The number of amides is 1. The van der Waals surface area contributed by atoms with E-state index >= 15 is 0 Å². The number of rotatable bonds is 6. The number of pyridine rings is 1. The first-order valence-corrected chi connectivity index (χ1v) is 12.1. The molecule has 0 fully saturated rings. The van der Waals surface area contributed by atoms with Crippen LogP contribution < -0.4 is 14.4 Å². The number of hydrogen-bond donors (Lipinski definition) is 0. The molecule has 0 N–H and O–H groups in total. The van der Waals surface area contributed by atoms with Gasteiger partial charge in [-0.1, -0.05) is 59.9 Å². The van der Waals surface area contributed by atoms with Gasteiger partial charge in [-0.05, 0) is 23.8 Å². The molecule has 1 aliphatic rings. The maximum Gasteiger partial charge on any atom is 0.260 e. The second-order valence-corrected chi connectivity index (χ2v) is 9.20. The predicted octanol–water partition coefficient (Wildman–Crippen LogP) is 5.50. The van der Waals surface area contributed by atoms with Gasteiger partial charge < -0.3 is 9.47 Å². The Morgan fingerprint density at radius 3 is 2.33 bits per heavy atom. The standard InChI is InChI=1S/C28H19N3O4S/c32-26(19-6-2-1-3-7-19)20-8-10-21(11-9-20)27(33)31(16-18-5-4-12-29-15-18)28-30-22-13-23-24(35-17-34-23)14-25(22)36-28/h1-15H,16-17H2. The van der Waals surface area contributed by atoms with Crippen LogP contribution in [0.25, 0.3) is 10.2 Å². The Hall–Kier alpha value is -4.56. The van der Waals surface area contributed by atoms with E-state index in [0.717, 1.165) is 15.8 Å². The summed E-state index contributed by atoms with van der Waals surface area (Å²) in [5.41, 5.74) is 3.18. The van der Waals surface area contributed by atoms with Gasteiger partial charge in [-0.25, -0.2) is 4.98 Å². The lowest BCUT2D eigenvalue weighted by Gasteiger charge is -2.20. The van der Waals surface area contributed by atoms with Crippen molar-refractivity contribution < 1.29 is 19.1 Å². The normalized spacial score (nSPS) is 12.0. The largest absolute Gasteiger partial charge is 0.454 e. The van der Waals surface area contributed by atoms with E-state index in [1.165, 1.54) is 11.3 Å². The van der Waals surface area contributed by atoms with Crippen LogP contribution in [0.2, 0.25) is 0 Å². The van der Waals surface area contributed by atoms with Crippen molar-refractivity contribution in [3.8, 4) is 11.5 Å². The monoisotopic (exact) mass is 493 g/mol. The molecule has 8 heteroatoms. The second kappa shape index (κ2) is 9.24. The van der Waals surface area contributed by atoms with Crippen LogP contribution in [0.1, 0.15) is 31.8 Å². The molecule has 7 nitrogen and oxygen atoms in total. The van der Waals surface area contributed by atoms with Crippen LogP contribution >= 0.6 is 11.3 Å². The topological polar surface area (TPSA) is 81.6 Å². The van der Waals surface area contributed by atoms with Crippen LogP contribution in [0.15, 0.2) is 91.3 Å². The summed E-state index contributed by atoms with van der Waals surface area (Å²) in [7, 11) is 0. The molecule has 0 saturated carbocycles. The zero-order valence-electron chi connectivity index (χ0n) is 19.0. The van der Waals surface area contributed by atoms with E-state index in [9.17, 15) is 9.59 Å². The molecule has 1 aliphatic heterocycles. The lowest BCUT2D eigenvalue weighted by Crippen LogP contribution is -2.30. The van der Waals surface area contributed by atoms with E-state index in [0.29, 0.717) is 39.9 Å². The third-order valence-corrected chi connectivity index (χ3v) is 6.88. The first kappa shape index (κ1) is 21.9. The molecule has 0 bridgehead atoms. The van der Waals surface area contributed by atoms with Crippen LogP contribution in [0.4, 0.5) is 5.13 Å². The molecular weight excluding hydrogens is 474 g/mol. The lowest BCUT2D eigenvalue weighted by atomic mass is 10.0. The van der Waals surface area contributed by atoms with Crippen LogP contribution in [0, 0.1) is 0 Å². The third-order valence-electron chi connectivity index (χ3n) is 5.84. The summed E-state index contributed by atoms with van der Waals surface area (Å²) >= 11 is 1.40. The van der Waals surface area contributed by atoms with Gasteiger partial charge in [0.15, 0.2) is 22.4 Å². The van der Waals surface area contributed by atoms with Gasteiger partial charge in [-0.15, -0.1) is 0 Å². The summed E-state index contributed by atoms with van der Waals surface area (Å²) in [6.45, 7) is 0.484. The highest BCUT2D eigenvalue weighted by Gasteiger charge is 2.24. The molecule has 2 aromatic heterocycles. The molecule has 0 unspecified atom stereocenters. The summed E-state index contributed by atoms with van der Waals surface area (Å²) in [5.74, 6) is 0.992. The van der Waals surface area contributed by atoms with E-state index in [2.05, 4.69) is 4.98 Å². The number of carbonyl (C=O) groups excluding carboxylic acids is 2. The molecule has 0 radical (unpaired) electrons. The minimum Gasteiger partial charge on any atom is -0.454 e. The van der Waals surface area contributed by atoms with Crippen molar-refractivity contribution >= 4 is 38.4 Å². The molecule has 0 saturated heterocycles. The highest BCUT2D eigenvalue weighted by molar-refractivity contribution is 7.22. The molecule has 3 aromatic carbocycles. The van der Waals surface area contributed by atoms with E-state index < -0.39 is 0 Å². The van der Waals surface area contributed by atoms with E-state index in [4.69, 9.17) is 14.5 Å². The van der Waals surface area contributed by atoms with Gasteiger partial charge in [0.2, 0.25) is 6.79 Å². The average Bonchev–Trinajstić information content (AvgIpc) is 3.56. The summed E-state index contributed by atoms with van der Waals surface area (Å²) in [5, 5.41) is 0.548. The zero-order valence-corrected chi connectivity index (χ0v) is 19.8. The Morgan fingerprint density at radius 1 is 0.861 bits per heavy atom. The van der Waals surface area contributed by atoms with Crippen molar-refractivity contribution in [1.82, 2.24) is 9.97 Å². The number of ketones is 1. The summed E-state index contributed by atoms with van der Waals surface area (Å²) < 4.78 is 11.9. The number of nitrogens with zero attached hydrogens (tertiary/aromatic N) is 3. The Kier molecular flexibility index (Phi) is 5.63. The fraction of sp³-hybridized carbons (Fsp3) is 0.0714. The molecule has 0 spiro atoms. The zero-order chi connectivity index (χ0) is 24.5. The van der Waals surface area contributed by atoms with Gasteiger partial charge in [0, 0.05) is 41.2 Å². The number of fused-ring (bicyclic) bond motifs is 2. The molecule has 176 valence electrons. The molecular formula is C28H19N3O4S. The van der Waals surface area contributed by atoms with Crippen molar-refractivity contribution in [2.24, 2.45) is 0 Å². The number of benzene rings is 3. The van der Waals surface area contributed by atoms with Gasteiger partial charge in [-0.2, -0.15) is 0 Å². The lowest BCUT2D eigenvalue weighted by molar-refractivity contribution is 0.0982. The van der Waals surface area contributed by atoms with Gasteiger partial charge in [0.1, 0.15) is 0 Å². The fourth-order valence-electron chi connectivity index (χ4n) is 4.00. The van der Waals surface area contributed by atoms with Gasteiger partial charge in [0.05, 0.1) is 16.8 Å². The van der Waals surface area contributed by atoms with Crippen molar-refractivity contribution in [1.29, 1.82) is 0 Å². The Balaban J connectivity index is 1.34. The fourth-order valence-corrected chi connectivity index (χ4v) is 4.97. The Labute approximate surface area is 210 Å². The number of ether oxygens (including phenoxy) is 2. The van der Waals surface area contributed by atoms with E-state index in [-0.39, 0.29) is 18.5 Å². The van der Waals surface area contributed by atoms with Crippen LogP contribution in [-0.2, 0) is 6.54 Å². The molecule has 36 heavy (non-hydrogen) atoms. The van der Waals surface area contributed by atoms with Crippen molar-refractivity contribution in [2.45, 2.75) is 6.54 Å². The number of carbonyl (C=O) groups is 2. The predicted molar refractivity (Wildman–Crippen MR) is 137 cm³/mol. The quantitative estimate of drug-likeness (QED) is 0.291. The summed E-state index contributed by atoms with van der Waals surface area (Å²) in [6.07, 6.45) is 3.42. The minimum atomic E-state index is -0.225. The maximum atomic E-state index is 13.7. The van der Waals surface area contributed by atoms with Gasteiger partial charge in [0.25, 0.3) is 5.91 Å². The van der Waals surface area contributed by atoms with E-state index in [1.807, 2.05) is 42.5 Å². The first-order valence-electron chi connectivity index (χ1n) is 11.3. The highest BCUT2D eigenvalue weighted by atomic mass is 32.1. The maximum absolute atomic E-state index is 13.7. The summed E-state index contributed by atoms with van der Waals surface area (Å²) in [6, 6.07) is 23.2. The minimum absolute atomic E-state index is 0.0922. The molecule has 6 rings (SSSR count). The average molecular weight is 494 g/mol. The van der Waals surface area contributed by atoms with Crippen LogP contribution in [-0.4, -0.2) is 28.5 Å². The molecule has 3 heterocycles.